The van der Waals surface area contributed by atoms with Gasteiger partial charge in [0.2, 0.25) is 5.91 Å². The Morgan fingerprint density at radius 1 is 1.30 bits per heavy atom. The summed E-state index contributed by atoms with van der Waals surface area (Å²) in [5.74, 6) is 0.546. The number of hydrogen-bond acceptors (Lipinski definition) is 6. The molecule has 0 aliphatic carbocycles. The van der Waals surface area contributed by atoms with Crippen LogP contribution in [-0.2, 0) is 20.7 Å². The van der Waals surface area contributed by atoms with Crippen LogP contribution in [-0.4, -0.2) is 61.5 Å². The third kappa shape index (κ3) is 4.42. The van der Waals surface area contributed by atoms with Gasteiger partial charge in [-0.05, 0) is 24.1 Å². The first-order valence-electron chi connectivity index (χ1n) is 7.48. The first kappa shape index (κ1) is 17.7. The van der Waals surface area contributed by atoms with Crippen LogP contribution in [0.2, 0.25) is 0 Å². The highest BCUT2D eigenvalue weighted by Crippen LogP contribution is 2.22. The molecule has 0 bridgehead atoms. The summed E-state index contributed by atoms with van der Waals surface area (Å²) in [4.78, 5) is 12.1. The van der Waals surface area contributed by atoms with Gasteiger partial charge in [0.05, 0.1) is 19.8 Å². The summed E-state index contributed by atoms with van der Waals surface area (Å²) >= 11 is 0. The van der Waals surface area contributed by atoms with Crippen LogP contribution in [0.15, 0.2) is 24.3 Å². The number of ether oxygens (including phenoxy) is 3. The van der Waals surface area contributed by atoms with Crippen molar-refractivity contribution in [3.8, 4) is 5.75 Å². The minimum atomic E-state index is -1.01. The molecule has 23 heavy (non-hydrogen) atoms. The minimum Gasteiger partial charge on any atom is -0.497 e. The van der Waals surface area contributed by atoms with E-state index in [1.165, 1.54) is 7.11 Å². The Kier molecular flexibility index (Phi) is 6.35. The number of aliphatic hydroxyl groups is 2. The summed E-state index contributed by atoms with van der Waals surface area (Å²) in [5.41, 5.74) is 1.01. The van der Waals surface area contributed by atoms with E-state index in [-0.39, 0.29) is 18.9 Å². The lowest BCUT2D eigenvalue weighted by Gasteiger charge is -2.20. The molecule has 2 rings (SSSR count). The predicted octanol–water partition coefficient (Wildman–Crippen LogP) is -0.163. The van der Waals surface area contributed by atoms with Gasteiger partial charge < -0.3 is 29.7 Å². The van der Waals surface area contributed by atoms with Crippen LogP contribution >= 0.6 is 0 Å². The van der Waals surface area contributed by atoms with Crippen molar-refractivity contribution in [3.63, 3.8) is 0 Å². The highest BCUT2D eigenvalue weighted by atomic mass is 16.7. The molecule has 1 saturated heterocycles. The van der Waals surface area contributed by atoms with Crippen molar-refractivity contribution in [3.05, 3.63) is 29.8 Å². The molecule has 7 nitrogen and oxygen atoms in total. The van der Waals surface area contributed by atoms with E-state index in [2.05, 4.69) is 5.32 Å². The molecule has 128 valence electrons. The fraction of sp³-hybridized carbons (Fsp3) is 0.562. The third-order valence-corrected chi connectivity index (χ3v) is 3.90. The Morgan fingerprint density at radius 2 is 2.00 bits per heavy atom. The van der Waals surface area contributed by atoms with E-state index in [0.717, 1.165) is 11.3 Å². The van der Waals surface area contributed by atoms with Crippen molar-refractivity contribution in [1.82, 2.24) is 5.32 Å². The number of carbonyl (C=O) groups excluding carboxylic acids is 1. The molecule has 3 N–H and O–H groups in total. The number of methoxy groups -OCH3 is 2. The molecule has 1 amide bonds. The van der Waals surface area contributed by atoms with E-state index in [9.17, 15) is 15.0 Å². The number of hydrogen-bond donors (Lipinski definition) is 3. The summed E-state index contributed by atoms with van der Waals surface area (Å²) < 4.78 is 15.4. The van der Waals surface area contributed by atoms with Gasteiger partial charge in [-0.25, -0.2) is 0 Å². The van der Waals surface area contributed by atoms with Crippen molar-refractivity contribution >= 4 is 5.91 Å². The van der Waals surface area contributed by atoms with Gasteiger partial charge in [0.1, 0.15) is 18.0 Å². The third-order valence-electron chi connectivity index (χ3n) is 3.90. The van der Waals surface area contributed by atoms with Crippen LogP contribution in [0.3, 0.4) is 0 Å². The van der Waals surface area contributed by atoms with Gasteiger partial charge in [-0.1, -0.05) is 12.1 Å². The molecule has 1 heterocycles. The zero-order chi connectivity index (χ0) is 16.8. The largest absolute Gasteiger partial charge is 0.497 e. The van der Waals surface area contributed by atoms with E-state index in [0.29, 0.717) is 6.42 Å². The van der Waals surface area contributed by atoms with Crippen LogP contribution in [0, 0.1) is 0 Å². The smallest absolute Gasteiger partial charge is 0.220 e. The van der Waals surface area contributed by atoms with Gasteiger partial charge in [0.15, 0.2) is 6.29 Å². The highest BCUT2D eigenvalue weighted by molar-refractivity contribution is 5.76. The zero-order valence-corrected chi connectivity index (χ0v) is 13.3. The summed E-state index contributed by atoms with van der Waals surface area (Å²) in [6, 6.07) is 6.79. The van der Waals surface area contributed by atoms with E-state index in [4.69, 9.17) is 14.2 Å². The topological polar surface area (TPSA) is 97.3 Å². The summed E-state index contributed by atoms with van der Waals surface area (Å²) in [6.45, 7) is -0.305. The Bertz CT molecular complexity index is 504. The van der Waals surface area contributed by atoms with Crippen LogP contribution < -0.4 is 10.1 Å². The quantitative estimate of drug-likeness (QED) is 0.644. The summed E-state index contributed by atoms with van der Waals surface area (Å²) in [5, 5.41) is 22.0. The maximum absolute atomic E-state index is 12.1. The van der Waals surface area contributed by atoms with Crippen molar-refractivity contribution in [2.24, 2.45) is 0 Å². The minimum absolute atomic E-state index is 0.219. The fourth-order valence-electron chi connectivity index (χ4n) is 2.56. The molecular formula is C16H23NO6. The molecule has 0 spiro atoms. The average Bonchev–Trinajstić information content (AvgIpc) is 2.89. The second-order valence-corrected chi connectivity index (χ2v) is 5.39. The van der Waals surface area contributed by atoms with Crippen LogP contribution in [0.4, 0.5) is 0 Å². The molecule has 1 aliphatic heterocycles. The molecule has 0 saturated carbocycles. The number of aliphatic hydroxyl groups excluding tert-OH is 2. The first-order valence-corrected chi connectivity index (χ1v) is 7.48. The maximum Gasteiger partial charge on any atom is 0.220 e. The van der Waals surface area contributed by atoms with Gasteiger partial charge in [0, 0.05) is 13.5 Å². The molecule has 0 radical (unpaired) electrons. The Labute approximate surface area is 135 Å². The Balaban J connectivity index is 1.85. The molecule has 1 unspecified atom stereocenters. The standard InChI is InChI=1S/C16H23NO6/c1-21-11-6-3-10(4-7-11)5-8-13(19)17-14-12(9-18)23-16(22-2)15(14)20/h3-4,6-7,12,14-16,18,20H,5,8-9H2,1-2H3,(H,17,19)/t12-,14-,15-,16?/m1/s1. The second-order valence-electron chi connectivity index (χ2n) is 5.39. The van der Waals surface area contributed by atoms with Crippen molar-refractivity contribution in [2.45, 2.75) is 37.4 Å². The Hall–Kier alpha value is -1.67. The van der Waals surface area contributed by atoms with E-state index >= 15 is 0 Å². The highest BCUT2D eigenvalue weighted by Gasteiger charge is 2.44. The maximum atomic E-state index is 12.1. The monoisotopic (exact) mass is 325 g/mol. The van der Waals surface area contributed by atoms with Gasteiger partial charge in [-0.3, -0.25) is 4.79 Å². The lowest BCUT2D eigenvalue weighted by atomic mass is 10.1. The number of carbonyl (C=O) groups is 1. The lowest BCUT2D eigenvalue weighted by molar-refractivity contribution is -0.153. The molecule has 1 aromatic rings. The lowest BCUT2D eigenvalue weighted by Crippen LogP contribution is -2.48. The molecule has 1 aliphatic rings. The number of aryl methyl sites for hydroxylation is 1. The van der Waals surface area contributed by atoms with E-state index in [1.54, 1.807) is 7.11 Å². The van der Waals surface area contributed by atoms with Crippen molar-refractivity contribution in [1.29, 1.82) is 0 Å². The van der Waals surface area contributed by atoms with Gasteiger partial charge in [-0.2, -0.15) is 0 Å². The molecule has 1 aromatic carbocycles. The molecule has 1 fully saturated rings. The normalized spacial score (nSPS) is 27.0. The number of nitrogens with one attached hydrogen (secondary N) is 1. The van der Waals surface area contributed by atoms with Crippen molar-refractivity contribution < 1.29 is 29.2 Å². The number of rotatable bonds is 7. The average molecular weight is 325 g/mol. The molecule has 7 heteroatoms. The SMILES string of the molecule is COc1ccc(CCC(=O)N[C@@H]2[C@@H](CO)OC(OC)[C@@H]2O)cc1. The van der Waals surface area contributed by atoms with Gasteiger partial charge in [0.25, 0.3) is 0 Å². The Morgan fingerprint density at radius 3 is 2.57 bits per heavy atom. The predicted molar refractivity (Wildman–Crippen MR) is 82.0 cm³/mol. The van der Waals surface area contributed by atoms with Crippen LogP contribution in [0.5, 0.6) is 5.75 Å². The van der Waals surface area contributed by atoms with Crippen LogP contribution in [0.25, 0.3) is 0 Å². The van der Waals surface area contributed by atoms with E-state index in [1.807, 2.05) is 24.3 Å². The molecule has 0 aromatic heterocycles. The fourth-order valence-corrected chi connectivity index (χ4v) is 2.56. The zero-order valence-electron chi connectivity index (χ0n) is 13.3. The molecule has 4 atom stereocenters. The van der Waals surface area contributed by atoms with Gasteiger partial charge >= 0.3 is 0 Å². The summed E-state index contributed by atoms with van der Waals surface area (Å²) in [7, 11) is 3.00. The molecular weight excluding hydrogens is 302 g/mol. The van der Waals surface area contributed by atoms with E-state index < -0.39 is 24.5 Å². The van der Waals surface area contributed by atoms with Crippen LogP contribution in [0.1, 0.15) is 12.0 Å². The van der Waals surface area contributed by atoms with Gasteiger partial charge in [-0.15, -0.1) is 0 Å². The first-order chi connectivity index (χ1) is 11.1. The number of amides is 1. The summed E-state index contributed by atoms with van der Waals surface area (Å²) in [6.07, 6.45) is -1.71. The van der Waals surface area contributed by atoms with Crippen molar-refractivity contribution in [2.75, 3.05) is 20.8 Å². The number of benzene rings is 1. The second kappa shape index (κ2) is 8.26.